The first kappa shape index (κ1) is 22.4. The second-order valence-electron chi connectivity index (χ2n) is 6.84. The molecule has 0 radical (unpaired) electrons. The van der Waals surface area contributed by atoms with E-state index in [1.165, 1.54) is 18.2 Å². The van der Waals surface area contributed by atoms with Crippen LogP contribution in [-0.2, 0) is 9.59 Å². The average Bonchev–Trinajstić information content (AvgIpc) is 2.71. The zero-order valence-corrected chi connectivity index (χ0v) is 19.0. The number of carbonyl (C=O) groups excluding carboxylic acids is 2. The Balaban J connectivity index is 1.65. The van der Waals surface area contributed by atoms with Crippen molar-refractivity contribution in [1.82, 2.24) is 9.97 Å². The Kier molecular flexibility index (Phi) is 6.30. The summed E-state index contributed by atoms with van der Waals surface area (Å²) in [5.74, 6) is -2.12. The van der Waals surface area contributed by atoms with E-state index in [0.29, 0.717) is 26.4 Å². The van der Waals surface area contributed by atoms with Crippen molar-refractivity contribution in [1.29, 1.82) is 0 Å². The number of carbonyl (C=O) groups is 2. The number of H-pyrrole nitrogens is 1. The predicted octanol–water partition coefficient (Wildman–Crippen LogP) is 5.19. The van der Waals surface area contributed by atoms with Crippen LogP contribution in [0.3, 0.4) is 0 Å². The van der Waals surface area contributed by atoms with Crippen molar-refractivity contribution in [3.8, 4) is 0 Å². The lowest BCUT2D eigenvalue weighted by Crippen LogP contribution is -2.36. The Hall–Kier alpha value is -2.78. The Morgan fingerprint density at radius 3 is 2.22 bits per heavy atom. The largest absolute Gasteiger partial charge is 0.324 e. The van der Waals surface area contributed by atoms with Crippen LogP contribution in [0.4, 0.5) is 23.1 Å². The van der Waals surface area contributed by atoms with Gasteiger partial charge in [-0.2, -0.15) is 4.98 Å². The Labute approximate surface area is 201 Å². The van der Waals surface area contributed by atoms with E-state index in [2.05, 4.69) is 25.9 Å². The number of anilines is 4. The topological polar surface area (TPSA) is 116 Å². The van der Waals surface area contributed by atoms with Crippen LogP contribution in [0.1, 0.15) is 17.9 Å². The summed E-state index contributed by atoms with van der Waals surface area (Å²) < 4.78 is 0. The van der Waals surface area contributed by atoms with E-state index in [1.54, 1.807) is 18.2 Å². The summed E-state index contributed by atoms with van der Waals surface area (Å²) in [6, 6.07) is 9.28. The summed E-state index contributed by atoms with van der Waals surface area (Å²) in [6.07, 6.45) is -0.232. The lowest BCUT2D eigenvalue weighted by molar-refractivity contribution is -0.123. The summed E-state index contributed by atoms with van der Waals surface area (Å²) in [4.78, 5) is 44.8. The molecule has 2 aromatic carbocycles. The van der Waals surface area contributed by atoms with E-state index < -0.39 is 23.3 Å². The van der Waals surface area contributed by atoms with Crippen LogP contribution in [0.2, 0.25) is 20.1 Å². The fourth-order valence-electron chi connectivity index (χ4n) is 3.18. The first-order chi connectivity index (χ1) is 15.2. The van der Waals surface area contributed by atoms with Crippen LogP contribution in [0.15, 0.2) is 41.2 Å². The zero-order chi connectivity index (χ0) is 23.0. The standard InChI is InChI=1S/C20H13Cl4N5O3/c21-8-1-3-13(11(23)5-8)25-18(31)10-7-15(30)27-17-16(10)19(32)29-20(28-17)26-14-4-2-9(22)6-12(14)24/h1-6,10H,7H2,(H,25,31)(H3,26,27,28,29,30,32). The molecule has 0 spiro atoms. The van der Waals surface area contributed by atoms with Crippen molar-refractivity contribution < 1.29 is 9.59 Å². The van der Waals surface area contributed by atoms with E-state index >= 15 is 0 Å². The minimum absolute atomic E-state index is 0.0277. The highest BCUT2D eigenvalue weighted by Crippen LogP contribution is 2.33. The van der Waals surface area contributed by atoms with E-state index in [4.69, 9.17) is 46.4 Å². The molecule has 0 saturated carbocycles. The predicted molar refractivity (Wildman–Crippen MR) is 126 cm³/mol. The fourth-order valence-corrected chi connectivity index (χ4v) is 4.10. The number of halogens is 4. The number of nitrogens with zero attached hydrogens (tertiary/aromatic N) is 1. The summed E-state index contributed by atoms with van der Waals surface area (Å²) >= 11 is 24.0. The lowest BCUT2D eigenvalue weighted by atomic mass is 9.92. The smallest absolute Gasteiger partial charge is 0.258 e. The summed E-state index contributed by atoms with van der Waals surface area (Å²) in [5.41, 5.74) is 0.173. The van der Waals surface area contributed by atoms with Crippen molar-refractivity contribution in [3.05, 3.63) is 72.4 Å². The van der Waals surface area contributed by atoms with Gasteiger partial charge in [0.25, 0.3) is 5.56 Å². The second-order valence-corrected chi connectivity index (χ2v) is 8.53. The molecule has 0 aliphatic carbocycles. The number of rotatable bonds is 4. The van der Waals surface area contributed by atoms with Gasteiger partial charge in [-0.3, -0.25) is 19.4 Å². The van der Waals surface area contributed by atoms with E-state index in [1.807, 2.05) is 0 Å². The van der Waals surface area contributed by atoms with Crippen molar-refractivity contribution in [2.45, 2.75) is 12.3 Å². The molecule has 12 heteroatoms. The molecule has 3 aromatic rings. The number of nitrogens with one attached hydrogen (secondary N) is 4. The zero-order valence-electron chi connectivity index (χ0n) is 15.9. The molecule has 1 aliphatic rings. The molecule has 0 fully saturated rings. The molecule has 0 saturated heterocycles. The van der Waals surface area contributed by atoms with E-state index in [-0.39, 0.29) is 28.8 Å². The quantitative estimate of drug-likeness (QED) is 0.383. The molecule has 2 heterocycles. The van der Waals surface area contributed by atoms with Gasteiger partial charge in [-0.05, 0) is 36.4 Å². The van der Waals surface area contributed by atoms with Gasteiger partial charge in [0.15, 0.2) is 0 Å². The van der Waals surface area contributed by atoms with Crippen LogP contribution in [0.25, 0.3) is 0 Å². The molecule has 32 heavy (non-hydrogen) atoms. The van der Waals surface area contributed by atoms with Gasteiger partial charge in [-0.1, -0.05) is 46.4 Å². The number of fused-ring (bicyclic) bond motifs is 1. The number of amides is 2. The molecule has 0 bridgehead atoms. The molecular weight excluding hydrogens is 500 g/mol. The lowest BCUT2D eigenvalue weighted by Gasteiger charge is -2.24. The minimum atomic E-state index is -1.07. The first-order valence-corrected chi connectivity index (χ1v) is 10.6. The van der Waals surface area contributed by atoms with Crippen LogP contribution in [0, 0.1) is 0 Å². The van der Waals surface area contributed by atoms with Crippen LogP contribution >= 0.6 is 46.4 Å². The van der Waals surface area contributed by atoms with Gasteiger partial charge in [0.1, 0.15) is 5.82 Å². The third-order valence-electron chi connectivity index (χ3n) is 4.64. The molecule has 8 nitrogen and oxygen atoms in total. The number of benzene rings is 2. The maximum absolute atomic E-state index is 12.9. The molecule has 4 N–H and O–H groups in total. The summed E-state index contributed by atoms with van der Waals surface area (Å²) in [6.45, 7) is 0. The molecule has 1 atom stereocenters. The third-order valence-corrected chi connectivity index (χ3v) is 5.74. The molecule has 164 valence electrons. The Morgan fingerprint density at radius 1 is 0.969 bits per heavy atom. The van der Waals surface area contributed by atoms with Gasteiger partial charge < -0.3 is 16.0 Å². The normalized spacial score (nSPS) is 15.0. The van der Waals surface area contributed by atoms with Gasteiger partial charge in [-0.15, -0.1) is 0 Å². The molecule has 1 aliphatic heterocycles. The van der Waals surface area contributed by atoms with Crippen molar-refractivity contribution in [3.63, 3.8) is 0 Å². The third kappa shape index (κ3) is 4.68. The molecule has 1 unspecified atom stereocenters. The van der Waals surface area contributed by atoms with Gasteiger partial charge in [0.2, 0.25) is 17.8 Å². The van der Waals surface area contributed by atoms with Crippen molar-refractivity contribution in [2.75, 3.05) is 16.0 Å². The van der Waals surface area contributed by atoms with Crippen LogP contribution in [0.5, 0.6) is 0 Å². The molecule has 1 aromatic heterocycles. The number of hydrogen-bond acceptors (Lipinski definition) is 5. The maximum atomic E-state index is 12.9. The summed E-state index contributed by atoms with van der Waals surface area (Å²) in [5, 5.41) is 9.38. The van der Waals surface area contributed by atoms with Gasteiger partial charge in [0.05, 0.1) is 32.9 Å². The Morgan fingerprint density at radius 2 is 1.59 bits per heavy atom. The highest BCUT2D eigenvalue weighted by Gasteiger charge is 2.35. The average molecular weight is 513 g/mol. The van der Waals surface area contributed by atoms with Gasteiger partial charge in [0, 0.05) is 16.5 Å². The van der Waals surface area contributed by atoms with Gasteiger partial charge >= 0.3 is 0 Å². The number of aromatic nitrogens is 2. The highest BCUT2D eigenvalue weighted by molar-refractivity contribution is 6.37. The molecule has 2 amide bonds. The minimum Gasteiger partial charge on any atom is -0.324 e. The van der Waals surface area contributed by atoms with Crippen LogP contribution in [-0.4, -0.2) is 21.8 Å². The maximum Gasteiger partial charge on any atom is 0.258 e. The first-order valence-electron chi connectivity index (χ1n) is 9.13. The monoisotopic (exact) mass is 511 g/mol. The Bertz CT molecular complexity index is 1310. The number of aromatic amines is 1. The SMILES string of the molecule is O=C1CC(C(=O)Nc2ccc(Cl)cc2Cl)c2c(nc(Nc3ccc(Cl)cc3Cl)[nH]c2=O)N1. The molecule has 4 rings (SSSR count). The fraction of sp³-hybridized carbons (Fsp3) is 0.100. The van der Waals surface area contributed by atoms with E-state index in [0.717, 1.165) is 0 Å². The number of hydrogen-bond donors (Lipinski definition) is 4. The van der Waals surface area contributed by atoms with Crippen molar-refractivity contribution in [2.24, 2.45) is 0 Å². The van der Waals surface area contributed by atoms with Crippen LogP contribution < -0.4 is 21.5 Å². The second kappa shape index (κ2) is 8.99. The van der Waals surface area contributed by atoms with E-state index in [9.17, 15) is 14.4 Å². The van der Waals surface area contributed by atoms with Crippen molar-refractivity contribution >= 4 is 81.4 Å². The highest BCUT2D eigenvalue weighted by atomic mass is 35.5. The summed E-state index contributed by atoms with van der Waals surface area (Å²) in [7, 11) is 0. The molecular formula is C20H13Cl4N5O3. The van der Waals surface area contributed by atoms with Gasteiger partial charge in [-0.25, -0.2) is 0 Å².